The SMILES string of the molecule is CC(C)C(C)(C)c1nn[nH]n1.CC(C)Cc1nn[nH]n1. The Kier molecular flexibility index (Phi) is 5.72. The maximum absolute atomic E-state index is 3.96. The molecule has 2 N–H and O–H groups in total. The van der Waals surface area contributed by atoms with Crippen molar-refractivity contribution in [3.05, 3.63) is 11.6 Å². The molecule has 0 unspecified atom stereocenters. The molecule has 8 nitrogen and oxygen atoms in total. The number of nitrogens with one attached hydrogen (secondary N) is 2. The average molecular weight is 280 g/mol. The molecule has 0 atom stereocenters. The van der Waals surface area contributed by atoms with E-state index in [1.165, 1.54) is 0 Å². The topological polar surface area (TPSA) is 109 Å². The first kappa shape index (κ1) is 16.2. The summed E-state index contributed by atoms with van der Waals surface area (Å²) in [6, 6.07) is 0. The van der Waals surface area contributed by atoms with E-state index in [1.807, 2.05) is 0 Å². The van der Waals surface area contributed by atoms with Gasteiger partial charge < -0.3 is 0 Å². The van der Waals surface area contributed by atoms with Gasteiger partial charge in [0.15, 0.2) is 11.6 Å². The molecule has 0 aliphatic carbocycles. The second kappa shape index (κ2) is 7.06. The van der Waals surface area contributed by atoms with Crippen LogP contribution in [0.4, 0.5) is 0 Å². The molecule has 112 valence electrons. The monoisotopic (exact) mass is 280 g/mol. The van der Waals surface area contributed by atoms with E-state index in [2.05, 4.69) is 82.8 Å². The van der Waals surface area contributed by atoms with E-state index in [0.29, 0.717) is 11.8 Å². The number of nitrogens with zero attached hydrogens (tertiary/aromatic N) is 6. The summed E-state index contributed by atoms with van der Waals surface area (Å²) in [5, 5.41) is 27.4. The summed E-state index contributed by atoms with van der Waals surface area (Å²) in [7, 11) is 0. The molecular formula is C12H24N8. The standard InChI is InChI=1S/C7H14N4.C5H10N4/c1-5(2)7(3,4)6-8-10-11-9-6;1-4(2)3-5-6-8-9-7-5/h5H,1-4H3,(H,8,9,10,11);4H,3H2,1-2H3,(H,6,7,8,9). The average Bonchev–Trinajstić information content (AvgIpc) is 3.00. The van der Waals surface area contributed by atoms with Gasteiger partial charge >= 0.3 is 0 Å². The minimum Gasteiger partial charge on any atom is -0.177 e. The van der Waals surface area contributed by atoms with Gasteiger partial charge in [-0.25, -0.2) is 0 Å². The van der Waals surface area contributed by atoms with Gasteiger partial charge in [0.25, 0.3) is 0 Å². The highest BCUT2D eigenvalue weighted by molar-refractivity contribution is 5.00. The Labute approximate surface area is 119 Å². The summed E-state index contributed by atoms with van der Waals surface area (Å²) in [5.41, 5.74) is 0.00694. The van der Waals surface area contributed by atoms with Gasteiger partial charge in [-0.1, -0.05) is 52.0 Å². The van der Waals surface area contributed by atoms with Gasteiger partial charge in [0.2, 0.25) is 0 Å². The fraction of sp³-hybridized carbons (Fsp3) is 0.833. The third-order valence-electron chi connectivity index (χ3n) is 3.35. The van der Waals surface area contributed by atoms with E-state index in [-0.39, 0.29) is 5.41 Å². The van der Waals surface area contributed by atoms with Crippen LogP contribution in [0, 0.1) is 11.8 Å². The summed E-state index contributed by atoms with van der Waals surface area (Å²) < 4.78 is 0. The van der Waals surface area contributed by atoms with Gasteiger partial charge in [-0.05, 0) is 11.8 Å². The first-order valence-corrected chi connectivity index (χ1v) is 6.80. The number of tetrazole rings is 2. The Morgan fingerprint density at radius 3 is 1.95 bits per heavy atom. The van der Waals surface area contributed by atoms with E-state index >= 15 is 0 Å². The molecule has 0 amide bonds. The van der Waals surface area contributed by atoms with E-state index in [0.717, 1.165) is 18.1 Å². The zero-order valence-corrected chi connectivity index (χ0v) is 13.0. The minimum absolute atomic E-state index is 0.00694. The van der Waals surface area contributed by atoms with Crippen molar-refractivity contribution in [3.63, 3.8) is 0 Å². The molecule has 2 aromatic rings. The van der Waals surface area contributed by atoms with Crippen LogP contribution in [0.5, 0.6) is 0 Å². The van der Waals surface area contributed by atoms with Crippen molar-refractivity contribution in [2.45, 2.75) is 53.4 Å². The van der Waals surface area contributed by atoms with E-state index in [4.69, 9.17) is 0 Å². The quantitative estimate of drug-likeness (QED) is 0.879. The van der Waals surface area contributed by atoms with Crippen LogP contribution in [-0.2, 0) is 11.8 Å². The zero-order chi connectivity index (χ0) is 15.2. The van der Waals surface area contributed by atoms with Crippen LogP contribution in [0.15, 0.2) is 0 Å². The first-order chi connectivity index (χ1) is 9.34. The molecule has 20 heavy (non-hydrogen) atoms. The maximum atomic E-state index is 3.96. The van der Waals surface area contributed by atoms with Gasteiger partial charge in [-0.2, -0.15) is 10.4 Å². The first-order valence-electron chi connectivity index (χ1n) is 6.80. The Morgan fingerprint density at radius 2 is 1.55 bits per heavy atom. The minimum atomic E-state index is 0.00694. The Morgan fingerprint density at radius 1 is 0.950 bits per heavy atom. The number of rotatable bonds is 4. The van der Waals surface area contributed by atoms with Gasteiger partial charge in [0.05, 0.1) is 0 Å². The van der Waals surface area contributed by atoms with Crippen LogP contribution in [0.25, 0.3) is 0 Å². The zero-order valence-electron chi connectivity index (χ0n) is 13.0. The Balaban J connectivity index is 0.000000204. The third-order valence-corrected chi connectivity index (χ3v) is 3.35. The highest BCUT2D eigenvalue weighted by Crippen LogP contribution is 2.27. The molecule has 0 aliphatic rings. The molecule has 0 fully saturated rings. The summed E-state index contributed by atoms with van der Waals surface area (Å²) >= 11 is 0. The fourth-order valence-electron chi connectivity index (χ4n) is 1.33. The van der Waals surface area contributed by atoms with Crippen molar-refractivity contribution < 1.29 is 0 Å². The molecule has 0 radical (unpaired) electrons. The van der Waals surface area contributed by atoms with Crippen molar-refractivity contribution in [1.29, 1.82) is 0 Å². The molecule has 8 heteroatoms. The lowest BCUT2D eigenvalue weighted by atomic mass is 9.81. The summed E-state index contributed by atoms with van der Waals surface area (Å²) in [6.07, 6.45) is 0.899. The molecule has 0 saturated carbocycles. The van der Waals surface area contributed by atoms with Gasteiger partial charge in [0.1, 0.15) is 0 Å². The van der Waals surface area contributed by atoms with Gasteiger partial charge in [-0.15, -0.1) is 20.4 Å². The van der Waals surface area contributed by atoms with Crippen LogP contribution in [0.2, 0.25) is 0 Å². The lowest BCUT2D eigenvalue weighted by Gasteiger charge is -2.24. The Bertz CT molecular complexity index is 458. The third kappa shape index (κ3) is 4.67. The predicted molar refractivity (Wildman–Crippen MR) is 74.8 cm³/mol. The highest BCUT2D eigenvalue weighted by atomic mass is 15.5. The molecule has 0 aromatic carbocycles. The molecule has 2 heterocycles. The molecule has 0 spiro atoms. The maximum Gasteiger partial charge on any atom is 0.180 e. The summed E-state index contributed by atoms with van der Waals surface area (Å²) in [6.45, 7) is 12.8. The van der Waals surface area contributed by atoms with E-state index in [9.17, 15) is 0 Å². The van der Waals surface area contributed by atoms with Crippen LogP contribution in [-0.4, -0.2) is 41.2 Å². The van der Waals surface area contributed by atoms with Gasteiger partial charge in [-0.3, -0.25) is 0 Å². The lowest BCUT2D eigenvalue weighted by molar-refractivity contribution is 0.352. The molecule has 2 aromatic heterocycles. The highest BCUT2D eigenvalue weighted by Gasteiger charge is 2.28. The van der Waals surface area contributed by atoms with Crippen molar-refractivity contribution in [1.82, 2.24) is 41.2 Å². The molecule has 2 rings (SSSR count). The van der Waals surface area contributed by atoms with Crippen molar-refractivity contribution in [3.8, 4) is 0 Å². The molecular weight excluding hydrogens is 256 g/mol. The number of H-pyrrole nitrogens is 2. The normalized spacial score (nSPS) is 11.6. The van der Waals surface area contributed by atoms with Crippen LogP contribution >= 0.6 is 0 Å². The van der Waals surface area contributed by atoms with E-state index < -0.39 is 0 Å². The number of hydrogen-bond donors (Lipinski definition) is 2. The van der Waals surface area contributed by atoms with Crippen molar-refractivity contribution >= 4 is 0 Å². The second-order valence-electron chi connectivity index (χ2n) is 6.04. The number of aromatic amines is 2. The Hall–Kier alpha value is -1.86. The number of hydrogen-bond acceptors (Lipinski definition) is 6. The molecule has 0 aliphatic heterocycles. The van der Waals surface area contributed by atoms with Crippen molar-refractivity contribution in [2.24, 2.45) is 11.8 Å². The fourth-order valence-corrected chi connectivity index (χ4v) is 1.33. The summed E-state index contributed by atoms with van der Waals surface area (Å²) in [5.74, 6) is 2.69. The van der Waals surface area contributed by atoms with Crippen molar-refractivity contribution in [2.75, 3.05) is 0 Å². The summed E-state index contributed by atoms with van der Waals surface area (Å²) in [4.78, 5) is 0. The smallest absolute Gasteiger partial charge is 0.177 e. The number of aromatic nitrogens is 8. The van der Waals surface area contributed by atoms with Crippen LogP contribution in [0.3, 0.4) is 0 Å². The molecule has 0 bridgehead atoms. The van der Waals surface area contributed by atoms with E-state index in [1.54, 1.807) is 0 Å². The lowest BCUT2D eigenvalue weighted by Crippen LogP contribution is -2.25. The largest absolute Gasteiger partial charge is 0.180 e. The van der Waals surface area contributed by atoms with Crippen LogP contribution in [0.1, 0.15) is 53.2 Å². The molecule has 0 saturated heterocycles. The second-order valence-corrected chi connectivity index (χ2v) is 6.04. The van der Waals surface area contributed by atoms with Gasteiger partial charge in [0, 0.05) is 11.8 Å². The predicted octanol–water partition coefficient (Wildman–Crippen LogP) is 1.53. The van der Waals surface area contributed by atoms with Crippen LogP contribution < -0.4 is 0 Å².